The van der Waals surface area contributed by atoms with Gasteiger partial charge in [-0.25, -0.2) is 0 Å². The second-order valence-corrected chi connectivity index (χ2v) is 4.01. The van der Waals surface area contributed by atoms with Crippen LogP contribution >= 0.6 is 0 Å². The van der Waals surface area contributed by atoms with Gasteiger partial charge in [0.15, 0.2) is 6.29 Å². The number of carbonyl (C=O) groups is 1. The third-order valence-electron chi connectivity index (χ3n) is 2.99. The van der Waals surface area contributed by atoms with Crippen LogP contribution in [0.4, 0.5) is 0 Å². The minimum atomic E-state index is 0.115. The monoisotopic (exact) mass is 217 g/mol. The van der Waals surface area contributed by atoms with E-state index >= 15 is 0 Å². The van der Waals surface area contributed by atoms with E-state index in [0.29, 0.717) is 0 Å². The number of nitrogens with zero attached hydrogens (tertiary/aromatic N) is 1. The summed E-state index contributed by atoms with van der Waals surface area (Å²) in [5, 5.41) is 0. The van der Waals surface area contributed by atoms with Crippen LogP contribution in [0.3, 0.4) is 0 Å². The molecule has 0 saturated heterocycles. The average molecular weight is 217 g/mol. The molecule has 1 unspecified atom stereocenters. The molecule has 0 aliphatic rings. The zero-order valence-corrected chi connectivity index (χ0v) is 9.73. The average Bonchev–Trinajstić information content (AvgIpc) is 2.86. The molecule has 0 aromatic carbocycles. The highest BCUT2D eigenvalue weighted by Crippen LogP contribution is 2.24. The number of aldehydes is 1. The Balaban J connectivity index is 2.48. The molecule has 0 amide bonds. The molecule has 84 valence electrons. The van der Waals surface area contributed by atoms with Crippen molar-refractivity contribution < 1.29 is 9.21 Å². The van der Waals surface area contributed by atoms with E-state index in [4.69, 9.17) is 4.42 Å². The van der Waals surface area contributed by atoms with Crippen molar-refractivity contribution >= 4 is 6.29 Å². The maximum Gasteiger partial charge on any atom is 0.151 e. The summed E-state index contributed by atoms with van der Waals surface area (Å²) in [6.45, 7) is 6.02. The lowest BCUT2D eigenvalue weighted by atomic mass is 10.2. The van der Waals surface area contributed by atoms with E-state index in [1.54, 1.807) is 6.26 Å². The van der Waals surface area contributed by atoms with Gasteiger partial charge >= 0.3 is 0 Å². The molecule has 3 nitrogen and oxygen atoms in total. The summed E-state index contributed by atoms with van der Waals surface area (Å²) in [6.07, 6.45) is 2.56. The predicted octanol–water partition coefficient (Wildman–Crippen LogP) is 3.12. The summed E-state index contributed by atoms with van der Waals surface area (Å²) >= 11 is 0. The molecular weight excluding hydrogens is 202 g/mol. The maximum absolute atomic E-state index is 10.9. The van der Waals surface area contributed by atoms with Crippen LogP contribution in [0.5, 0.6) is 0 Å². The van der Waals surface area contributed by atoms with Crippen molar-refractivity contribution in [3.63, 3.8) is 0 Å². The number of hydrogen-bond acceptors (Lipinski definition) is 2. The molecule has 16 heavy (non-hydrogen) atoms. The first-order valence-electron chi connectivity index (χ1n) is 5.32. The summed E-state index contributed by atoms with van der Waals surface area (Å²) in [7, 11) is 0. The number of aromatic nitrogens is 1. The highest BCUT2D eigenvalue weighted by Gasteiger charge is 2.16. The summed E-state index contributed by atoms with van der Waals surface area (Å²) in [4.78, 5) is 10.9. The smallest absolute Gasteiger partial charge is 0.151 e. The van der Waals surface area contributed by atoms with Gasteiger partial charge in [0.05, 0.1) is 12.3 Å². The van der Waals surface area contributed by atoms with Gasteiger partial charge < -0.3 is 8.98 Å². The van der Waals surface area contributed by atoms with Crippen LogP contribution in [0.15, 0.2) is 28.9 Å². The predicted molar refractivity (Wildman–Crippen MR) is 61.8 cm³/mol. The van der Waals surface area contributed by atoms with Gasteiger partial charge in [0.2, 0.25) is 0 Å². The molecule has 0 saturated carbocycles. The lowest BCUT2D eigenvalue weighted by molar-refractivity contribution is 0.112. The molecule has 0 bridgehead atoms. The van der Waals surface area contributed by atoms with E-state index < -0.39 is 0 Å². The molecule has 0 aliphatic carbocycles. The van der Waals surface area contributed by atoms with E-state index in [1.165, 1.54) is 0 Å². The summed E-state index contributed by atoms with van der Waals surface area (Å²) in [5.41, 5.74) is 2.80. The van der Waals surface area contributed by atoms with Crippen LogP contribution in [0.25, 0.3) is 0 Å². The first kappa shape index (κ1) is 10.7. The van der Waals surface area contributed by atoms with Crippen molar-refractivity contribution in [2.45, 2.75) is 26.8 Å². The molecule has 2 rings (SSSR count). The van der Waals surface area contributed by atoms with Crippen LogP contribution in [0.1, 0.15) is 40.5 Å². The lowest BCUT2D eigenvalue weighted by Gasteiger charge is -2.16. The summed E-state index contributed by atoms with van der Waals surface area (Å²) < 4.78 is 7.51. The number of rotatable bonds is 3. The Morgan fingerprint density at radius 1 is 1.44 bits per heavy atom. The normalized spacial score (nSPS) is 12.7. The zero-order chi connectivity index (χ0) is 11.7. The van der Waals surface area contributed by atoms with Gasteiger partial charge in [0, 0.05) is 17.0 Å². The van der Waals surface area contributed by atoms with Gasteiger partial charge in [0.25, 0.3) is 0 Å². The number of carbonyl (C=O) groups excluding carboxylic acids is 1. The van der Waals surface area contributed by atoms with Gasteiger partial charge in [-0.3, -0.25) is 4.79 Å². The Hall–Kier alpha value is -1.77. The van der Waals surface area contributed by atoms with Crippen LogP contribution in [0, 0.1) is 13.8 Å². The van der Waals surface area contributed by atoms with Crippen molar-refractivity contribution in [2.24, 2.45) is 0 Å². The number of aryl methyl sites for hydroxylation is 1. The fourth-order valence-corrected chi connectivity index (χ4v) is 2.17. The standard InChI is InChI=1S/C13H15NO2/c1-9-7-12(8-15)10(2)14(9)11(3)13-5-4-6-16-13/h4-8,11H,1-3H3. The van der Waals surface area contributed by atoms with Gasteiger partial charge in [0.1, 0.15) is 5.76 Å². The largest absolute Gasteiger partial charge is 0.467 e. The van der Waals surface area contributed by atoms with Crippen LogP contribution in [-0.4, -0.2) is 10.9 Å². The minimum Gasteiger partial charge on any atom is -0.467 e. The van der Waals surface area contributed by atoms with Gasteiger partial charge in [-0.2, -0.15) is 0 Å². The molecule has 2 aromatic heterocycles. The number of hydrogen-bond donors (Lipinski definition) is 0. The van der Waals surface area contributed by atoms with E-state index in [1.807, 2.05) is 32.0 Å². The summed E-state index contributed by atoms with van der Waals surface area (Å²) in [5.74, 6) is 0.902. The van der Waals surface area contributed by atoms with E-state index in [9.17, 15) is 4.79 Å². The van der Waals surface area contributed by atoms with Crippen LogP contribution < -0.4 is 0 Å². The molecule has 3 heteroatoms. The fourth-order valence-electron chi connectivity index (χ4n) is 2.17. The van der Waals surface area contributed by atoms with Crippen molar-refractivity contribution in [3.8, 4) is 0 Å². The first-order chi connectivity index (χ1) is 7.65. The Morgan fingerprint density at radius 2 is 2.19 bits per heavy atom. The molecule has 0 radical (unpaired) electrons. The Labute approximate surface area is 94.7 Å². The Bertz CT molecular complexity index is 494. The molecule has 0 N–H and O–H groups in total. The fraction of sp³-hybridized carbons (Fsp3) is 0.308. The van der Waals surface area contributed by atoms with E-state index in [-0.39, 0.29) is 6.04 Å². The minimum absolute atomic E-state index is 0.115. The van der Waals surface area contributed by atoms with Crippen molar-refractivity contribution in [2.75, 3.05) is 0 Å². The molecule has 0 aliphatic heterocycles. The van der Waals surface area contributed by atoms with E-state index in [0.717, 1.165) is 29.0 Å². The molecule has 2 aromatic rings. The van der Waals surface area contributed by atoms with Gasteiger partial charge in [-0.05, 0) is 39.0 Å². The molecule has 0 spiro atoms. The molecule has 0 fully saturated rings. The van der Waals surface area contributed by atoms with Crippen LogP contribution in [0.2, 0.25) is 0 Å². The highest BCUT2D eigenvalue weighted by molar-refractivity contribution is 5.77. The van der Waals surface area contributed by atoms with Gasteiger partial charge in [-0.1, -0.05) is 0 Å². The lowest BCUT2D eigenvalue weighted by Crippen LogP contribution is -2.09. The third kappa shape index (κ3) is 1.58. The molecular formula is C13H15NO2. The first-order valence-corrected chi connectivity index (χ1v) is 5.32. The molecule has 2 heterocycles. The maximum atomic E-state index is 10.9. The Kier molecular flexibility index (Phi) is 2.69. The number of furan rings is 1. The van der Waals surface area contributed by atoms with Crippen LogP contribution in [-0.2, 0) is 0 Å². The van der Waals surface area contributed by atoms with Crippen molar-refractivity contribution in [3.05, 3.63) is 47.2 Å². The Morgan fingerprint density at radius 3 is 2.69 bits per heavy atom. The van der Waals surface area contributed by atoms with Gasteiger partial charge in [-0.15, -0.1) is 0 Å². The van der Waals surface area contributed by atoms with Crippen molar-refractivity contribution in [1.29, 1.82) is 0 Å². The quantitative estimate of drug-likeness (QED) is 0.740. The zero-order valence-electron chi connectivity index (χ0n) is 9.73. The third-order valence-corrected chi connectivity index (χ3v) is 2.99. The SMILES string of the molecule is Cc1cc(C=O)c(C)n1C(C)c1ccco1. The van der Waals surface area contributed by atoms with Crippen molar-refractivity contribution in [1.82, 2.24) is 4.57 Å². The summed E-state index contributed by atoms with van der Waals surface area (Å²) in [6, 6.07) is 5.84. The second-order valence-electron chi connectivity index (χ2n) is 4.01. The molecule has 1 atom stereocenters. The van der Waals surface area contributed by atoms with E-state index in [2.05, 4.69) is 11.5 Å². The topological polar surface area (TPSA) is 35.1 Å². The highest BCUT2D eigenvalue weighted by atomic mass is 16.3. The second kappa shape index (κ2) is 4.00.